The average molecular weight is 697 g/mol. The van der Waals surface area contributed by atoms with Crippen LogP contribution in [0.4, 0.5) is 5.69 Å². The fraction of sp³-hybridized carbons (Fsp3) is 0.231. The molecule has 9 N–H and O–H groups in total. The van der Waals surface area contributed by atoms with E-state index >= 15 is 0 Å². The molecule has 0 bridgehead atoms. The predicted molar refractivity (Wildman–Crippen MR) is 205 cm³/mol. The number of H-pyrrole nitrogens is 1. The van der Waals surface area contributed by atoms with Gasteiger partial charge in [0, 0.05) is 41.1 Å². The van der Waals surface area contributed by atoms with E-state index in [0.29, 0.717) is 29.8 Å². The third-order valence-electron chi connectivity index (χ3n) is 10.4. The number of aromatic nitrogens is 3. The Hall–Kier alpha value is -6.34. The smallest absolute Gasteiger partial charge is 0.250 e. The van der Waals surface area contributed by atoms with Crippen molar-refractivity contribution in [2.24, 2.45) is 43.8 Å². The summed E-state index contributed by atoms with van der Waals surface area (Å²) in [5, 5.41) is 1.09. The molecule has 3 aliphatic rings. The van der Waals surface area contributed by atoms with Gasteiger partial charge in [0.25, 0.3) is 0 Å². The molecule has 3 unspecified atom stereocenters. The second-order valence-electron chi connectivity index (χ2n) is 13.5. The molecular weight excluding hydrogens is 655 g/mol. The van der Waals surface area contributed by atoms with E-state index in [-0.39, 0.29) is 24.1 Å². The Morgan fingerprint density at radius 1 is 0.962 bits per heavy atom. The minimum absolute atomic E-state index is 0.0404. The van der Waals surface area contributed by atoms with Crippen molar-refractivity contribution < 1.29 is 14.0 Å². The van der Waals surface area contributed by atoms with E-state index in [9.17, 15) is 0 Å². The minimum Gasteiger partial charge on any atom is -0.493 e. The number of aromatic amines is 1. The number of allylic oxidation sites excluding steroid dienone is 2. The van der Waals surface area contributed by atoms with Crippen LogP contribution < -0.4 is 37.0 Å². The molecule has 5 aromatic rings. The van der Waals surface area contributed by atoms with Crippen molar-refractivity contribution in [3.8, 4) is 28.4 Å². The molecule has 3 atom stereocenters. The Balaban J connectivity index is 1.17. The summed E-state index contributed by atoms with van der Waals surface area (Å²) in [5.41, 5.74) is 35.3. The van der Waals surface area contributed by atoms with E-state index in [0.717, 1.165) is 66.9 Å². The molecule has 1 aliphatic carbocycles. The van der Waals surface area contributed by atoms with Crippen LogP contribution in [-0.4, -0.2) is 59.5 Å². The first-order chi connectivity index (χ1) is 25.0. The number of hydrogen-bond acceptors (Lipinski definition) is 10. The van der Waals surface area contributed by atoms with Crippen LogP contribution in [0.3, 0.4) is 0 Å². The van der Waals surface area contributed by atoms with Crippen molar-refractivity contribution in [2.75, 3.05) is 21.3 Å². The summed E-state index contributed by atoms with van der Waals surface area (Å²) >= 11 is 0. The number of fused-ring (bicyclic) bond motifs is 3. The topological polar surface area (TPSA) is 187 Å². The highest BCUT2D eigenvalue weighted by Crippen LogP contribution is 2.42. The van der Waals surface area contributed by atoms with Crippen LogP contribution in [0.15, 0.2) is 106 Å². The van der Waals surface area contributed by atoms with Crippen LogP contribution in [0.5, 0.6) is 11.5 Å². The molecule has 52 heavy (non-hydrogen) atoms. The van der Waals surface area contributed by atoms with Gasteiger partial charge in [-0.1, -0.05) is 25.1 Å². The lowest BCUT2D eigenvalue weighted by Crippen LogP contribution is -2.42. The maximum atomic E-state index is 6.48. The molecule has 4 heterocycles. The largest absolute Gasteiger partial charge is 0.493 e. The fourth-order valence-corrected chi connectivity index (χ4v) is 7.66. The maximum absolute atomic E-state index is 6.48. The quantitative estimate of drug-likeness (QED) is 0.158. The zero-order chi connectivity index (χ0) is 36.4. The molecule has 0 spiro atoms. The van der Waals surface area contributed by atoms with Crippen molar-refractivity contribution in [1.82, 2.24) is 14.5 Å². The number of nitrogens with two attached hydrogens (primary N) is 4. The third-order valence-corrected chi connectivity index (χ3v) is 10.4. The van der Waals surface area contributed by atoms with Gasteiger partial charge in [-0.3, -0.25) is 0 Å². The Kier molecular flexibility index (Phi) is 7.87. The Bertz CT molecular complexity index is 2430. The van der Waals surface area contributed by atoms with Gasteiger partial charge >= 0.3 is 0 Å². The number of imidazole rings is 1. The molecule has 0 amide bonds. The number of aryl methyl sites for hydroxylation is 1. The van der Waals surface area contributed by atoms with Gasteiger partial charge < -0.3 is 42.3 Å². The van der Waals surface area contributed by atoms with E-state index in [4.69, 9.17) is 37.4 Å². The number of ether oxygens (including phenoxy) is 2. The highest BCUT2D eigenvalue weighted by molar-refractivity contribution is 6.08. The first kappa shape index (κ1) is 32.8. The summed E-state index contributed by atoms with van der Waals surface area (Å²) in [6.07, 6.45) is 7.94. The molecule has 264 valence electrons. The minimum atomic E-state index is -0.351. The van der Waals surface area contributed by atoms with Gasteiger partial charge in [-0.15, -0.1) is 0 Å². The molecular formula is C39H42N11O2+. The lowest BCUT2D eigenvalue weighted by atomic mass is 9.76. The predicted octanol–water partition coefficient (Wildman–Crippen LogP) is 4.17. The molecule has 3 aromatic carbocycles. The van der Waals surface area contributed by atoms with Crippen LogP contribution in [0.1, 0.15) is 29.8 Å². The molecule has 2 aromatic heterocycles. The van der Waals surface area contributed by atoms with Gasteiger partial charge in [0.05, 0.1) is 25.9 Å². The van der Waals surface area contributed by atoms with E-state index in [1.54, 1.807) is 19.1 Å². The molecule has 8 rings (SSSR count). The maximum Gasteiger partial charge on any atom is 0.250 e. The second-order valence-corrected chi connectivity index (χ2v) is 13.5. The Labute approximate surface area is 301 Å². The summed E-state index contributed by atoms with van der Waals surface area (Å²) in [7, 11) is 5.13. The van der Waals surface area contributed by atoms with Gasteiger partial charge in [0.1, 0.15) is 30.9 Å². The molecule has 0 saturated carbocycles. The van der Waals surface area contributed by atoms with E-state index < -0.39 is 0 Å². The Morgan fingerprint density at radius 3 is 2.56 bits per heavy atom. The first-order valence-corrected chi connectivity index (χ1v) is 17.1. The summed E-state index contributed by atoms with van der Waals surface area (Å²) in [6, 6.07) is 18.4. The normalized spacial score (nSPS) is 19.8. The van der Waals surface area contributed by atoms with Gasteiger partial charge in [0.2, 0.25) is 18.1 Å². The van der Waals surface area contributed by atoms with E-state index in [2.05, 4.69) is 99.0 Å². The van der Waals surface area contributed by atoms with Crippen LogP contribution in [-0.2, 0) is 6.54 Å². The van der Waals surface area contributed by atoms with Gasteiger partial charge in [-0.2, -0.15) is 9.56 Å². The third kappa shape index (κ3) is 5.37. The van der Waals surface area contributed by atoms with E-state index in [1.807, 2.05) is 25.4 Å². The fourth-order valence-electron chi connectivity index (χ4n) is 7.66. The van der Waals surface area contributed by atoms with Crippen LogP contribution in [0.2, 0.25) is 0 Å². The second kappa shape index (κ2) is 12.5. The monoisotopic (exact) mass is 696 g/mol. The number of nitrogens with zero attached hydrogens (tertiary/aromatic N) is 6. The number of hydrogen-bond donors (Lipinski definition) is 5. The first-order valence-electron chi connectivity index (χ1n) is 17.1. The molecule has 13 nitrogen and oxygen atoms in total. The van der Waals surface area contributed by atoms with Crippen LogP contribution in [0.25, 0.3) is 33.4 Å². The zero-order valence-electron chi connectivity index (χ0n) is 29.8. The molecule has 0 saturated heterocycles. The van der Waals surface area contributed by atoms with Gasteiger partial charge in [-0.05, 0) is 76.7 Å². The van der Waals surface area contributed by atoms with E-state index in [1.165, 1.54) is 0 Å². The van der Waals surface area contributed by atoms with Crippen LogP contribution >= 0.6 is 0 Å². The number of nitrogens with one attached hydrogen (secondary N) is 1. The van der Waals surface area contributed by atoms with Crippen LogP contribution in [0, 0.1) is 12.8 Å². The number of guanidine groups is 2. The average Bonchev–Trinajstić information content (AvgIpc) is 3.79. The highest BCUT2D eigenvalue weighted by Gasteiger charge is 2.36. The number of amidine groups is 1. The standard InChI is InChI=1S/C39H42N11O2/c1-20-13-27-30(45-39(43)48(3)37(27)41)16-25(20)24-7-6-8-29-26(24)17-33(44-29)50-12-11-49(19-50)18-23-14-28-35(46-38(42)47-36(28)40)21(2)34(23)22-9-10-31(51-4)32(15-22)52-5/h6-17,19,21,35,37,44H,18,41H2,1-5H3,(H2,43,45)(H4,40,42,46,47)/q+1. The summed E-state index contributed by atoms with van der Waals surface area (Å²) in [5.74, 6) is 3.18. The number of methoxy groups -OCH3 is 2. The summed E-state index contributed by atoms with van der Waals surface area (Å²) in [4.78, 5) is 19.0. The zero-order valence-corrected chi connectivity index (χ0v) is 29.8. The number of rotatable bonds is 7. The van der Waals surface area contributed by atoms with Crippen molar-refractivity contribution in [3.05, 3.63) is 107 Å². The molecule has 2 aliphatic heterocycles. The summed E-state index contributed by atoms with van der Waals surface area (Å²) < 4.78 is 15.4. The van der Waals surface area contributed by atoms with Crippen molar-refractivity contribution in [1.29, 1.82) is 0 Å². The van der Waals surface area contributed by atoms with Gasteiger partial charge in [-0.25, -0.2) is 14.6 Å². The SMILES string of the molecule is COc1ccc(C2=C(C[n+]3ccn(-c4cc5c(-c6cc7c(cc6C)C(N)N(C)C(N)=N7)cccc5[nH]4)c3)C=C3C(N)=NC(N)=NC3C2C)cc1OC. The van der Waals surface area contributed by atoms with Gasteiger partial charge in [0.15, 0.2) is 17.5 Å². The summed E-state index contributed by atoms with van der Waals surface area (Å²) in [6.45, 7) is 4.83. The van der Waals surface area contributed by atoms with Crippen molar-refractivity contribution >= 4 is 39.9 Å². The van der Waals surface area contributed by atoms with Crippen molar-refractivity contribution in [2.45, 2.75) is 32.6 Å². The highest BCUT2D eigenvalue weighted by atomic mass is 16.5. The molecule has 13 heteroatoms. The Morgan fingerprint density at radius 2 is 1.77 bits per heavy atom. The lowest BCUT2D eigenvalue weighted by molar-refractivity contribution is -0.687. The van der Waals surface area contributed by atoms with Crippen molar-refractivity contribution in [3.63, 3.8) is 0 Å². The number of benzene rings is 3. The number of aliphatic imine (C=N–C) groups is 3. The molecule has 0 fully saturated rings. The lowest BCUT2D eigenvalue weighted by Gasteiger charge is -2.33. The molecule has 0 radical (unpaired) electrons.